The molecule has 0 atom stereocenters. The van der Waals surface area contributed by atoms with E-state index in [9.17, 15) is 9.18 Å². The van der Waals surface area contributed by atoms with E-state index in [4.69, 9.17) is 0 Å². The Bertz CT molecular complexity index is 1080. The first-order chi connectivity index (χ1) is 15.5. The minimum absolute atomic E-state index is 0.00274. The normalized spacial score (nSPS) is 15.4. The molecule has 4 rings (SSSR count). The highest BCUT2D eigenvalue weighted by molar-refractivity contribution is 5.85. The highest BCUT2D eigenvalue weighted by atomic mass is 19.1. The number of nitrogens with one attached hydrogen (secondary N) is 1. The highest BCUT2D eigenvalue weighted by Crippen LogP contribution is 2.23. The molecule has 0 radical (unpaired) electrons. The predicted molar refractivity (Wildman–Crippen MR) is 123 cm³/mol. The van der Waals surface area contributed by atoms with Crippen LogP contribution in [0.4, 0.5) is 10.2 Å². The van der Waals surface area contributed by atoms with E-state index in [1.54, 1.807) is 18.6 Å². The maximum atomic E-state index is 12.8. The lowest BCUT2D eigenvalue weighted by atomic mass is 9.91. The third-order valence-corrected chi connectivity index (χ3v) is 5.78. The van der Waals surface area contributed by atoms with E-state index in [1.807, 2.05) is 18.2 Å². The number of carbonyl (C=O) groups is 1. The second kappa shape index (κ2) is 10.1. The van der Waals surface area contributed by atoms with E-state index in [0.717, 1.165) is 53.9 Å². The van der Waals surface area contributed by atoms with Crippen molar-refractivity contribution in [2.24, 2.45) is 5.92 Å². The maximum absolute atomic E-state index is 12.8. The molecule has 0 amide bonds. The van der Waals surface area contributed by atoms with Gasteiger partial charge < -0.3 is 10.2 Å². The van der Waals surface area contributed by atoms with Crippen LogP contribution < -0.4 is 5.32 Å². The van der Waals surface area contributed by atoms with Crippen LogP contribution in [0.1, 0.15) is 32.5 Å². The molecule has 1 saturated heterocycles. The first-order valence-corrected chi connectivity index (χ1v) is 11.2. The quantitative estimate of drug-likeness (QED) is 0.576. The number of alkyl halides is 1. The fourth-order valence-corrected chi connectivity index (χ4v) is 4.07. The molecule has 2 aromatic heterocycles. The number of ketones is 1. The van der Waals surface area contributed by atoms with Gasteiger partial charge in [0.05, 0.1) is 30.0 Å². The van der Waals surface area contributed by atoms with E-state index in [-0.39, 0.29) is 30.8 Å². The topological polar surface area (TPSA) is 83.9 Å². The molecule has 32 heavy (non-hydrogen) atoms. The van der Waals surface area contributed by atoms with Crippen LogP contribution in [-0.2, 0) is 11.2 Å². The molecule has 1 aliphatic heterocycles. The van der Waals surface area contributed by atoms with Crippen molar-refractivity contribution in [1.82, 2.24) is 24.8 Å². The second-order valence-corrected chi connectivity index (χ2v) is 8.60. The summed E-state index contributed by atoms with van der Waals surface area (Å²) in [4.78, 5) is 32.9. The van der Waals surface area contributed by atoms with Crippen LogP contribution in [0.25, 0.3) is 22.2 Å². The van der Waals surface area contributed by atoms with E-state index in [0.29, 0.717) is 12.4 Å². The summed E-state index contributed by atoms with van der Waals surface area (Å²) in [7, 11) is 0. The Balaban J connectivity index is 1.48. The molecular formula is C24H29FN6O. The fraction of sp³-hybridized carbons (Fsp3) is 0.458. The maximum Gasteiger partial charge on any atom is 0.145 e. The Labute approximate surface area is 187 Å². The lowest BCUT2D eigenvalue weighted by Gasteiger charge is -2.30. The van der Waals surface area contributed by atoms with Gasteiger partial charge in [0.15, 0.2) is 0 Å². The van der Waals surface area contributed by atoms with Crippen molar-refractivity contribution in [2.75, 3.05) is 31.6 Å². The monoisotopic (exact) mass is 436 g/mol. The molecule has 0 spiro atoms. The van der Waals surface area contributed by atoms with Crippen LogP contribution >= 0.6 is 0 Å². The van der Waals surface area contributed by atoms with Crippen molar-refractivity contribution >= 4 is 22.5 Å². The number of piperidine rings is 1. The average Bonchev–Trinajstić information content (AvgIpc) is 2.79. The number of nitrogens with zero attached hydrogens (tertiary/aromatic N) is 5. The van der Waals surface area contributed by atoms with E-state index < -0.39 is 0 Å². The molecule has 1 aromatic carbocycles. The molecule has 1 fully saturated rings. The summed E-state index contributed by atoms with van der Waals surface area (Å²) >= 11 is 0. The van der Waals surface area contributed by atoms with Crippen LogP contribution in [0.3, 0.4) is 0 Å². The fourth-order valence-electron chi connectivity index (χ4n) is 4.07. The number of Topliss-reactive ketones (excluding diaryl/α,β-unsaturated/α-hetero) is 1. The number of rotatable bonds is 8. The Morgan fingerprint density at radius 1 is 1.19 bits per heavy atom. The largest absolute Gasteiger partial charge is 0.367 e. The molecule has 8 heteroatoms. The van der Waals surface area contributed by atoms with Gasteiger partial charge in [-0.25, -0.2) is 19.3 Å². The molecule has 0 bridgehead atoms. The van der Waals surface area contributed by atoms with Crippen LogP contribution in [0.15, 0.2) is 36.8 Å². The Hall–Kier alpha value is -3.00. The molecule has 168 valence electrons. The molecule has 3 aromatic rings. The molecular weight excluding hydrogens is 407 g/mol. The summed E-state index contributed by atoms with van der Waals surface area (Å²) in [6.07, 6.45) is 6.97. The van der Waals surface area contributed by atoms with Crippen molar-refractivity contribution in [2.45, 2.75) is 39.2 Å². The van der Waals surface area contributed by atoms with Gasteiger partial charge in [-0.05, 0) is 45.8 Å². The van der Waals surface area contributed by atoms with Crippen LogP contribution in [0.2, 0.25) is 0 Å². The SMILES string of the molecule is CC(C)Nc1cncc(-c2ccc3cnc(CC(=O)C4CCN(CCF)CC4)nc3c2)n1. The van der Waals surface area contributed by atoms with Gasteiger partial charge in [-0.2, -0.15) is 0 Å². The van der Waals surface area contributed by atoms with Gasteiger partial charge in [0.25, 0.3) is 0 Å². The summed E-state index contributed by atoms with van der Waals surface area (Å²) in [6.45, 7) is 5.77. The number of likely N-dealkylation sites (tertiary alicyclic amines) is 1. The van der Waals surface area contributed by atoms with Crippen molar-refractivity contribution in [3.05, 3.63) is 42.6 Å². The minimum Gasteiger partial charge on any atom is -0.367 e. The second-order valence-electron chi connectivity index (χ2n) is 8.60. The van der Waals surface area contributed by atoms with Gasteiger partial charge in [-0.1, -0.05) is 12.1 Å². The number of fused-ring (bicyclic) bond motifs is 1. The number of hydrogen-bond donors (Lipinski definition) is 1. The van der Waals surface area contributed by atoms with Gasteiger partial charge >= 0.3 is 0 Å². The van der Waals surface area contributed by atoms with Crippen molar-refractivity contribution in [1.29, 1.82) is 0 Å². The Morgan fingerprint density at radius 2 is 2.00 bits per heavy atom. The Kier molecular flexibility index (Phi) is 6.99. The van der Waals surface area contributed by atoms with E-state index in [1.165, 1.54) is 0 Å². The molecule has 1 N–H and O–H groups in total. The zero-order valence-corrected chi connectivity index (χ0v) is 18.6. The van der Waals surface area contributed by atoms with E-state index in [2.05, 4.69) is 44.0 Å². The molecule has 0 unspecified atom stereocenters. The summed E-state index contributed by atoms with van der Waals surface area (Å²) in [5.74, 6) is 1.43. The van der Waals surface area contributed by atoms with Crippen molar-refractivity contribution in [3.8, 4) is 11.3 Å². The number of halogens is 1. The van der Waals surface area contributed by atoms with Gasteiger partial charge in [-0.3, -0.25) is 9.78 Å². The minimum atomic E-state index is -0.338. The average molecular weight is 437 g/mol. The zero-order valence-electron chi connectivity index (χ0n) is 18.6. The summed E-state index contributed by atoms with van der Waals surface area (Å²) < 4.78 is 12.5. The third-order valence-electron chi connectivity index (χ3n) is 5.78. The van der Waals surface area contributed by atoms with Crippen LogP contribution in [0, 0.1) is 5.92 Å². The number of hydrogen-bond acceptors (Lipinski definition) is 7. The van der Waals surface area contributed by atoms with Crippen molar-refractivity contribution in [3.63, 3.8) is 0 Å². The number of anilines is 1. The molecule has 0 saturated carbocycles. The molecule has 7 nitrogen and oxygen atoms in total. The third kappa shape index (κ3) is 5.43. The first-order valence-electron chi connectivity index (χ1n) is 11.2. The standard InChI is InChI=1S/C24H29FN6O/c1-16(2)28-24-15-26-14-21(30-24)18-3-4-19-13-27-23(29-20(19)11-18)12-22(32)17-5-8-31(9-6-17)10-7-25/h3-4,11,13-17H,5-10,12H2,1-2H3,(H,28,30). The molecule has 3 heterocycles. The molecule has 0 aliphatic carbocycles. The van der Waals surface area contributed by atoms with Crippen LogP contribution in [0.5, 0.6) is 0 Å². The van der Waals surface area contributed by atoms with Gasteiger partial charge in [0.1, 0.15) is 24.1 Å². The van der Waals surface area contributed by atoms with Gasteiger partial charge in [-0.15, -0.1) is 0 Å². The number of carbonyl (C=O) groups excluding carboxylic acids is 1. The summed E-state index contributed by atoms with van der Waals surface area (Å²) in [6, 6.07) is 6.16. The van der Waals surface area contributed by atoms with Gasteiger partial charge in [0, 0.05) is 35.7 Å². The lowest BCUT2D eigenvalue weighted by Crippen LogP contribution is -2.37. The first kappa shape index (κ1) is 22.2. The number of aromatic nitrogens is 4. The van der Waals surface area contributed by atoms with E-state index >= 15 is 0 Å². The Morgan fingerprint density at radius 3 is 2.75 bits per heavy atom. The molecule has 1 aliphatic rings. The highest BCUT2D eigenvalue weighted by Gasteiger charge is 2.25. The smallest absolute Gasteiger partial charge is 0.145 e. The van der Waals surface area contributed by atoms with Crippen LogP contribution in [-0.4, -0.2) is 63.0 Å². The predicted octanol–water partition coefficient (Wildman–Crippen LogP) is 3.70. The number of benzene rings is 1. The zero-order chi connectivity index (χ0) is 22.5. The summed E-state index contributed by atoms with van der Waals surface area (Å²) in [5, 5.41) is 4.18. The summed E-state index contributed by atoms with van der Waals surface area (Å²) in [5.41, 5.74) is 2.45. The van der Waals surface area contributed by atoms with Gasteiger partial charge in [0.2, 0.25) is 0 Å². The lowest BCUT2D eigenvalue weighted by molar-refractivity contribution is -0.123. The van der Waals surface area contributed by atoms with Crippen molar-refractivity contribution < 1.29 is 9.18 Å².